The van der Waals surface area contributed by atoms with Gasteiger partial charge in [0.1, 0.15) is 6.04 Å². The van der Waals surface area contributed by atoms with Crippen LogP contribution in [0.2, 0.25) is 0 Å². The van der Waals surface area contributed by atoms with Gasteiger partial charge in [-0.3, -0.25) is 9.69 Å². The zero-order valence-corrected chi connectivity index (χ0v) is 8.99. The molecule has 0 radical (unpaired) electrons. The van der Waals surface area contributed by atoms with Gasteiger partial charge in [-0.1, -0.05) is 13.3 Å². The van der Waals surface area contributed by atoms with E-state index in [0.29, 0.717) is 6.42 Å². The number of hydrogen-bond donors (Lipinski definition) is 1. The Morgan fingerprint density at radius 1 is 1.60 bits per heavy atom. The molecule has 1 heterocycles. The Bertz CT molecular complexity index is 308. The lowest BCUT2D eigenvalue weighted by Gasteiger charge is -2.13. The predicted molar refractivity (Wildman–Crippen MR) is 53.7 cm³/mol. The van der Waals surface area contributed by atoms with Gasteiger partial charge in [-0.05, 0) is 13.3 Å². The van der Waals surface area contributed by atoms with Crippen molar-refractivity contribution in [2.24, 2.45) is 5.92 Å². The Labute approximate surface area is 89.0 Å². The van der Waals surface area contributed by atoms with Gasteiger partial charge in [0.15, 0.2) is 0 Å². The van der Waals surface area contributed by atoms with Crippen LogP contribution >= 0.6 is 0 Å². The first-order valence-electron chi connectivity index (χ1n) is 5.11. The summed E-state index contributed by atoms with van der Waals surface area (Å²) in [5.41, 5.74) is 0. The number of rotatable bonds is 4. The Morgan fingerprint density at radius 3 is 2.80 bits per heavy atom. The maximum Gasteiger partial charge on any atom is 0.324 e. The summed E-state index contributed by atoms with van der Waals surface area (Å²) in [5, 5.41) is 11.2. The first-order chi connectivity index (χ1) is 7.10. The Balaban J connectivity index is 2.63. The fraction of sp³-hybridized carbons (Fsp3) is 0.700. The lowest BCUT2D eigenvalue weighted by atomic mass is 10.1. The normalized spacial score (nSPS) is 22.5. The molecule has 2 atom stereocenters. The third-order valence-corrected chi connectivity index (χ3v) is 2.36. The second-order valence-electron chi connectivity index (χ2n) is 3.77. The van der Waals surface area contributed by atoms with Crippen LogP contribution < -0.4 is 5.32 Å². The van der Waals surface area contributed by atoms with E-state index in [1.165, 1.54) is 0 Å². The fourth-order valence-corrected chi connectivity index (χ4v) is 1.55. The summed E-state index contributed by atoms with van der Waals surface area (Å²) in [7, 11) is 0. The maximum absolute atomic E-state index is 11.7. The highest BCUT2D eigenvalue weighted by molar-refractivity contribution is 6.04. The van der Waals surface area contributed by atoms with Crippen molar-refractivity contribution in [3.8, 4) is 6.07 Å². The van der Waals surface area contributed by atoms with E-state index in [9.17, 15) is 9.59 Å². The number of urea groups is 1. The van der Waals surface area contributed by atoms with Crippen LogP contribution in [0.25, 0.3) is 0 Å². The summed E-state index contributed by atoms with van der Waals surface area (Å²) in [6, 6.07) is 1.24. The van der Waals surface area contributed by atoms with Gasteiger partial charge < -0.3 is 5.32 Å². The minimum atomic E-state index is -0.395. The van der Waals surface area contributed by atoms with Gasteiger partial charge in [0.2, 0.25) is 0 Å². The Morgan fingerprint density at radius 2 is 2.27 bits per heavy atom. The third kappa shape index (κ3) is 2.46. The summed E-state index contributed by atoms with van der Waals surface area (Å²) < 4.78 is 0. The number of nitrogens with one attached hydrogen (secondary N) is 1. The number of carbonyl (C=O) groups is 2. The summed E-state index contributed by atoms with van der Waals surface area (Å²) in [4.78, 5) is 24.2. The Hall–Kier alpha value is -1.57. The number of hydrogen-bond acceptors (Lipinski definition) is 3. The van der Waals surface area contributed by atoms with E-state index in [2.05, 4.69) is 5.32 Å². The van der Waals surface area contributed by atoms with Gasteiger partial charge >= 0.3 is 6.03 Å². The minimum absolute atomic E-state index is 0.182. The van der Waals surface area contributed by atoms with Crippen molar-refractivity contribution >= 4 is 11.9 Å². The molecule has 0 saturated carbocycles. The SMILES string of the molecule is CCCC1NC(=O)N(CC(C)C#N)C1=O. The highest BCUT2D eigenvalue weighted by Crippen LogP contribution is 2.12. The van der Waals surface area contributed by atoms with Crippen molar-refractivity contribution in [1.82, 2.24) is 10.2 Å². The molecule has 1 saturated heterocycles. The lowest BCUT2D eigenvalue weighted by molar-refractivity contribution is -0.127. The summed E-state index contributed by atoms with van der Waals surface area (Å²) in [6.07, 6.45) is 1.50. The van der Waals surface area contributed by atoms with Crippen molar-refractivity contribution in [1.29, 1.82) is 5.26 Å². The van der Waals surface area contributed by atoms with Crippen molar-refractivity contribution in [3.05, 3.63) is 0 Å². The standard InChI is InChI=1S/C10H15N3O2/c1-3-4-8-9(14)13(10(15)12-8)6-7(2)5-11/h7-8H,3-4,6H2,1-2H3,(H,12,15). The summed E-state index contributed by atoms with van der Waals surface area (Å²) >= 11 is 0. The zero-order chi connectivity index (χ0) is 11.4. The average molecular weight is 209 g/mol. The lowest BCUT2D eigenvalue weighted by Crippen LogP contribution is -2.34. The van der Waals surface area contributed by atoms with Crippen LogP contribution in [0.15, 0.2) is 0 Å². The molecule has 3 amide bonds. The number of imide groups is 1. The zero-order valence-electron chi connectivity index (χ0n) is 8.99. The molecule has 5 heteroatoms. The largest absolute Gasteiger partial charge is 0.326 e. The minimum Gasteiger partial charge on any atom is -0.326 e. The van der Waals surface area contributed by atoms with Crippen LogP contribution in [0.4, 0.5) is 4.79 Å². The van der Waals surface area contributed by atoms with Gasteiger partial charge in [-0.25, -0.2) is 4.79 Å². The summed E-state index contributed by atoms with van der Waals surface area (Å²) in [6.45, 7) is 3.83. The van der Waals surface area contributed by atoms with E-state index in [4.69, 9.17) is 5.26 Å². The first-order valence-corrected chi connectivity index (χ1v) is 5.11. The van der Waals surface area contributed by atoms with Crippen molar-refractivity contribution in [2.75, 3.05) is 6.54 Å². The Kier molecular flexibility index (Phi) is 3.67. The topological polar surface area (TPSA) is 73.2 Å². The molecule has 0 spiro atoms. The van der Waals surface area contributed by atoms with Crippen molar-refractivity contribution in [2.45, 2.75) is 32.7 Å². The molecule has 0 aromatic carbocycles. The van der Waals surface area contributed by atoms with Gasteiger partial charge in [0.25, 0.3) is 5.91 Å². The molecule has 1 fully saturated rings. The van der Waals surface area contributed by atoms with E-state index in [0.717, 1.165) is 11.3 Å². The van der Waals surface area contributed by atoms with E-state index >= 15 is 0 Å². The molecule has 1 aliphatic rings. The highest BCUT2D eigenvalue weighted by Gasteiger charge is 2.37. The molecule has 15 heavy (non-hydrogen) atoms. The molecule has 2 unspecified atom stereocenters. The molecule has 5 nitrogen and oxygen atoms in total. The van der Waals surface area contributed by atoms with Crippen LogP contribution in [0, 0.1) is 17.2 Å². The summed E-state index contributed by atoms with van der Waals surface area (Å²) in [5.74, 6) is -0.524. The van der Waals surface area contributed by atoms with Crippen molar-refractivity contribution in [3.63, 3.8) is 0 Å². The molecule has 0 aliphatic carbocycles. The van der Waals surface area contributed by atoms with Gasteiger partial charge in [-0.2, -0.15) is 5.26 Å². The number of nitriles is 1. The second kappa shape index (κ2) is 4.78. The number of carbonyl (C=O) groups excluding carboxylic acids is 2. The monoisotopic (exact) mass is 209 g/mol. The van der Waals surface area contributed by atoms with Crippen LogP contribution in [-0.2, 0) is 4.79 Å². The fourth-order valence-electron chi connectivity index (χ4n) is 1.55. The third-order valence-electron chi connectivity index (χ3n) is 2.36. The van der Waals surface area contributed by atoms with E-state index < -0.39 is 6.04 Å². The number of amides is 3. The molecule has 0 aromatic heterocycles. The average Bonchev–Trinajstić information content (AvgIpc) is 2.46. The first kappa shape index (κ1) is 11.5. The predicted octanol–water partition coefficient (Wildman–Crippen LogP) is 0.867. The van der Waals surface area contributed by atoms with Gasteiger partial charge in [0, 0.05) is 6.54 Å². The quantitative estimate of drug-likeness (QED) is 0.698. The maximum atomic E-state index is 11.7. The van der Waals surface area contributed by atoms with Crippen LogP contribution in [0.5, 0.6) is 0 Å². The molecule has 1 rings (SSSR count). The second-order valence-corrected chi connectivity index (χ2v) is 3.77. The molecular formula is C10H15N3O2. The van der Waals surface area contributed by atoms with E-state index in [1.54, 1.807) is 6.92 Å². The number of nitrogens with zero attached hydrogens (tertiary/aromatic N) is 2. The molecule has 1 N–H and O–H groups in total. The van der Waals surface area contributed by atoms with Gasteiger partial charge in [0.05, 0.1) is 12.0 Å². The van der Waals surface area contributed by atoms with Crippen molar-refractivity contribution < 1.29 is 9.59 Å². The van der Waals surface area contributed by atoms with Gasteiger partial charge in [-0.15, -0.1) is 0 Å². The smallest absolute Gasteiger partial charge is 0.324 e. The van der Waals surface area contributed by atoms with E-state index in [-0.39, 0.29) is 24.4 Å². The van der Waals surface area contributed by atoms with Crippen LogP contribution in [0.1, 0.15) is 26.7 Å². The van der Waals surface area contributed by atoms with E-state index in [1.807, 2.05) is 13.0 Å². The molecule has 0 bridgehead atoms. The highest BCUT2D eigenvalue weighted by atomic mass is 16.2. The van der Waals surface area contributed by atoms with Crippen LogP contribution in [-0.4, -0.2) is 29.4 Å². The molecule has 0 aromatic rings. The van der Waals surface area contributed by atoms with Crippen LogP contribution in [0.3, 0.4) is 0 Å². The molecule has 1 aliphatic heterocycles. The molecular weight excluding hydrogens is 194 g/mol. The molecule has 82 valence electrons.